The standard InChI is InChI=1S/C17H22F4N2O2S/c1-16(10-11-3-4-15(18)14(7-11)17(19,20)21)5-2-6-23(16)26(24,25)13-8-12(22)9-13/h3-4,7,12-13H,2,5-6,8-10,22H2,1H3. The van der Waals surface area contributed by atoms with Gasteiger partial charge in [0, 0.05) is 18.1 Å². The quantitative estimate of drug-likeness (QED) is 0.799. The van der Waals surface area contributed by atoms with E-state index in [9.17, 15) is 26.0 Å². The molecule has 1 aromatic carbocycles. The fourth-order valence-electron chi connectivity index (χ4n) is 3.98. The van der Waals surface area contributed by atoms with E-state index in [-0.39, 0.29) is 18.0 Å². The van der Waals surface area contributed by atoms with E-state index in [2.05, 4.69) is 0 Å². The lowest BCUT2D eigenvalue weighted by Crippen LogP contribution is -2.55. The Morgan fingerprint density at radius 1 is 1.31 bits per heavy atom. The Morgan fingerprint density at radius 2 is 1.96 bits per heavy atom. The molecule has 1 saturated carbocycles. The molecule has 2 N–H and O–H groups in total. The summed E-state index contributed by atoms with van der Waals surface area (Å²) in [5.41, 5.74) is 3.83. The van der Waals surface area contributed by atoms with Crippen LogP contribution in [0.3, 0.4) is 0 Å². The van der Waals surface area contributed by atoms with Gasteiger partial charge in [0.1, 0.15) is 5.82 Å². The van der Waals surface area contributed by atoms with Crippen molar-refractivity contribution in [3.05, 3.63) is 35.1 Å². The zero-order chi connectivity index (χ0) is 19.3. The van der Waals surface area contributed by atoms with E-state index in [1.807, 2.05) is 0 Å². The normalized spacial score (nSPS) is 30.4. The zero-order valence-electron chi connectivity index (χ0n) is 14.4. The third-order valence-corrected chi connectivity index (χ3v) is 7.92. The van der Waals surface area contributed by atoms with Crippen LogP contribution < -0.4 is 5.73 Å². The molecule has 1 aromatic rings. The highest BCUT2D eigenvalue weighted by Gasteiger charge is 2.49. The van der Waals surface area contributed by atoms with Crippen LogP contribution in [0.15, 0.2) is 18.2 Å². The summed E-state index contributed by atoms with van der Waals surface area (Å²) in [7, 11) is -3.55. The van der Waals surface area contributed by atoms with Crippen molar-refractivity contribution in [3.8, 4) is 0 Å². The molecule has 2 fully saturated rings. The van der Waals surface area contributed by atoms with Gasteiger partial charge in [0.15, 0.2) is 0 Å². The van der Waals surface area contributed by atoms with E-state index in [0.29, 0.717) is 32.2 Å². The third-order valence-electron chi connectivity index (χ3n) is 5.46. The van der Waals surface area contributed by atoms with Gasteiger partial charge in [0.05, 0.1) is 10.8 Å². The molecular formula is C17H22F4N2O2S. The molecule has 1 aliphatic heterocycles. The molecule has 0 radical (unpaired) electrons. The molecule has 0 amide bonds. The van der Waals surface area contributed by atoms with E-state index in [0.717, 1.165) is 12.1 Å². The van der Waals surface area contributed by atoms with Crippen molar-refractivity contribution < 1.29 is 26.0 Å². The monoisotopic (exact) mass is 394 g/mol. The average molecular weight is 394 g/mol. The number of halogens is 4. The first kappa shape index (κ1) is 19.6. The fourth-order valence-corrected chi connectivity index (χ4v) is 6.47. The van der Waals surface area contributed by atoms with Gasteiger partial charge in [-0.3, -0.25) is 0 Å². The molecule has 2 aliphatic rings. The Balaban J connectivity index is 1.86. The van der Waals surface area contributed by atoms with E-state index >= 15 is 0 Å². The first-order valence-electron chi connectivity index (χ1n) is 8.56. The van der Waals surface area contributed by atoms with Gasteiger partial charge in [-0.1, -0.05) is 6.07 Å². The Morgan fingerprint density at radius 3 is 2.54 bits per heavy atom. The molecule has 26 heavy (non-hydrogen) atoms. The summed E-state index contributed by atoms with van der Waals surface area (Å²) < 4.78 is 79.5. The minimum Gasteiger partial charge on any atom is -0.328 e. The van der Waals surface area contributed by atoms with Gasteiger partial charge in [-0.05, 0) is 56.7 Å². The van der Waals surface area contributed by atoms with Crippen molar-refractivity contribution >= 4 is 10.0 Å². The van der Waals surface area contributed by atoms with Crippen LogP contribution in [0.4, 0.5) is 17.6 Å². The van der Waals surface area contributed by atoms with E-state index < -0.39 is 38.4 Å². The Hall–Kier alpha value is -1.19. The summed E-state index contributed by atoms with van der Waals surface area (Å²) in [6.07, 6.45) is -2.68. The van der Waals surface area contributed by atoms with E-state index in [1.165, 1.54) is 10.4 Å². The van der Waals surface area contributed by atoms with Gasteiger partial charge in [0.2, 0.25) is 10.0 Å². The minimum atomic E-state index is -4.79. The number of sulfonamides is 1. The van der Waals surface area contributed by atoms with Crippen molar-refractivity contribution in [2.45, 2.75) is 62.0 Å². The van der Waals surface area contributed by atoms with Gasteiger partial charge < -0.3 is 5.73 Å². The van der Waals surface area contributed by atoms with Crippen LogP contribution >= 0.6 is 0 Å². The van der Waals surface area contributed by atoms with Crippen molar-refractivity contribution in [3.63, 3.8) is 0 Å². The molecule has 1 aliphatic carbocycles. The number of nitrogens with zero attached hydrogens (tertiary/aromatic N) is 1. The number of nitrogens with two attached hydrogens (primary N) is 1. The molecule has 146 valence electrons. The lowest BCUT2D eigenvalue weighted by Gasteiger charge is -2.41. The van der Waals surface area contributed by atoms with Gasteiger partial charge in [0.25, 0.3) is 0 Å². The van der Waals surface area contributed by atoms with Gasteiger partial charge in [-0.25, -0.2) is 12.8 Å². The molecule has 1 heterocycles. The highest BCUT2D eigenvalue weighted by Crippen LogP contribution is 2.40. The highest BCUT2D eigenvalue weighted by atomic mass is 32.2. The van der Waals surface area contributed by atoms with Crippen LogP contribution in [0, 0.1) is 5.82 Å². The van der Waals surface area contributed by atoms with Crippen LogP contribution in [0.25, 0.3) is 0 Å². The van der Waals surface area contributed by atoms with Crippen LogP contribution in [0.2, 0.25) is 0 Å². The maximum absolute atomic E-state index is 13.5. The van der Waals surface area contributed by atoms with Gasteiger partial charge >= 0.3 is 6.18 Å². The Bertz CT molecular complexity index is 790. The molecule has 1 saturated heterocycles. The molecule has 1 atom stereocenters. The second kappa shape index (κ2) is 6.45. The van der Waals surface area contributed by atoms with E-state index in [1.54, 1.807) is 6.92 Å². The largest absolute Gasteiger partial charge is 0.419 e. The summed E-state index contributed by atoms with van der Waals surface area (Å²) in [5.74, 6) is -1.33. The topological polar surface area (TPSA) is 63.4 Å². The molecule has 1 unspecified atom stereocenters. The molecule has 3 rings (SSSR count). The van der Waals surface area contributed by atoms with Gasteiger partial charge in [-0.2, -0.15) is 17.5 Å². The maximum atomic E-state index is 13.5. The molecule has 4 nitrogen and oxygen atoms in total. The summed E-state index contributed by atoms with van der Waals surface area (Å²) in [5, 5.41) is -0.520. The first-order valence-corrected chi connectivity index (χ1v) is 10.1. The second-order valence-electron chi connectivity index (χ2n) is 7.56. The summed E-state index contributed by atoms with van der Waals surface area (Å²) in [6, 6.07) is 2.75. The van der Waals surface area contributed by atoms with Crippen molar-refractivity contribution in [1.29, 1.82) is 0 Å². The van der Waals surface area contributed by atoms with Crippen LogP contribution in [0.5, 0.6) is 0 Å². The number of rotatable bonds is 4. The summed E-state index contributed by atoms with van der Waals surface area (Å²) in [4.78, 5) is 0. The molecule has 0 aromatic heterocycles. The van der Waals surface area contributed by atoms with Crippen LogP contribution in [0.1, 0.15) is 43.7 Å². The molecule has 9 heteroatoms. The maximum Gasteiger partial charge on any atom is 0.419 e. The van der Waals surface area contributed by atoms with Crippen LogP contribution in [-0.4, -0.2) is 36.1 Å². The highest BCUT2D eigenvalue weighted by molar-refractivity contribution is 7.89. The zero-order valence-corrected chi connectivity index (χ0v) is 15.2. The fraction of sp³-hybridized carbons (Fsp3) is 0.647. The van der Waals surface area contributed by atoms with Crippen molar-refractivity contribution in [2.24, 2.45) is 5.73 Å². The minimum absolute atomic E-state index is 0.106. The smallest absolute Gasteiger partial charge is 0.328 e. The second-order valence-corrected chi connectivity index (χ2v) is 9.70. The number of benzene rings is 1. The Labute approximate surface area is 150 Å². The number of alkyl halides is 3. The first-order chi connectivity index (χ1) is 11.9. The molecular weight excluding hydrogens is 372 g/mol. The van der Waals surface area contributed by atoms with Crippen molar-refractivity contribution in [2.75, 3.05) is 6.54 Å². The predicted molar refractivity (Wildman–Crippen MR) is 89.4 cm³/mol. The SMILES string of the molecule is CC1(Cc2ccc(F)c(C(F)(F)F)c2)CCCN1S(=O)(=O)C1CC(N)C1. The van der Waals surface area contributed by atoms with Crippen LogP contribution in [-0.2, 0) is 22.6 Å². The Kier molecular flexibility index (Phi) is 4.86. The summed E-state index contributed by atoms with van der Waals surface area (Å²) >= 11 is 0. The summed E-state index contributed by atoms with van der Waals surface area (Å²) in [6.45, 7) is 2.09. The molecule has 0 bridgehead atoms. The molecule has 0 spiro atoms. The number of hydrogen-bond donors (Lipinski definition) is 1. The number of hydrogen-bond acceptors (Lipinski definition) is 3. The van der Waals surface area contributed by atoms with E-state index in [4.69, 9.17) is 5.73 Å². The average Bonchev–Trinajstić information content (AvgIpc) is 2.87. The predicted octanol–water partition coefficient (Wildman–Crippen LogP) is 3.06. The lowest BCUT2D eigenvalue weighted by molar-refractivity contribution is -0.140. The van der Waals surface area contributed by atoms with Crippen molar-refractivity contribution in [1.82, 2.24) is 4.31 Å². The van der Waals surface area contributed by atoms with Gasteiger partial charge in [-0.15, -0.1) is 0 Å². The lowest BCUT2D eigenvalue weighted by atomic mass is 9.90. The third kappa shape index (κ3) is 3.48.